The van der Waals surface area contributed by atoms with Crippen molar-refractivity contribution in [2.24, 2.45) is 0 Å². The highest BCUT2D eigenvalue weighted by Crippen LogP contribution is 2.43. The van der Waals surface area contributed by atoms with E-state index in [1.807, 2.05) is 18.2 Å². The molecular formula is C15H19N3. The average molecular weight is 241 g/mol. The molecule has 18 heavy (non-hydrogen) atoms. The Morgan fingerprint density at radius 1 is 1.22 bits per heavy atom. The van der Waals surface area contributed by atoms with Gasteiger partial charge in [0.25, 0.3) is 0 Å². The normalized spacial score (nSPS) is 15.3. The zero-order valence-electron chi connectivity index (χ0n) is 10.9. The Hall–Kier alpha value is -1.77. The molecule has 0 aliphatic heterocycles. The Bertz CT molecular complexity index is 551. The summed E-state index contributed by atoms with van der Waals surface area (Å²) in [5.74, 6) is 2.59. The first-order chi connectivity index (χ1) is 8.68. The fourth-order valence-corrected chi connectivity index (χ4v) is 2.44. The first kappa shape index (κ1) is 11.3. The lowest BCUT2D eigenvalue weighted by Crippen LogP contribution is -2.08. The summed E-state index contributed by atoms with van der Waals surface area (Å²) in [6.07, 6.45) is 2.49. The number of rotatable bonds is 3. The van der Waals surface area contributed by atoms with E-state index in [4.69, 9.17) is 10.7 Å². The molecule has 94 valence electrons. The van der Waals surface area contributed by atoms with Crippen LogP contribution in [0.1, 0.15) is 44.5 Å². The van der Waals surface area contributed by atoms with Gasteiger partial charge in [0.2, 0.25) is 0 Å². The Labute approximate surface area is 108 Å². The number of anilines is 1. The summed E-state index contributed by atoms with van der Waals surface area (Å²) < 4.78 is 2.19. The maximum Gasteiger partial charge on any atom is 0.131 e. The van der Waals surface area contributed by atoms with E-state index >= 15 is 0 Å². The molecule has 0 saturated heterocycles. The van der Waals surface area contributed by atoms with Gasteiger partial charge in [-0.25, -0.2) is 4.98 Å². The van der Waals surface area contributed by atoms with E-state index in [9.17, 15) is 0 Å². The van der Waals surface area contributed by atoms with Gasteiger partial charge in [0.15, 0.2) is 0 Å². The first-order valence-corrected chi connectivity index (χ1v) is 6.61. The van der Waals surface area contributed by atoms with E-state index in [-0.39, 0.29) is 0 Å². The fraction of sp³-hybridized carbons (Fsp3) is 0.400. The zero-order valence-corrected chi connectivity index (χ0v) is 10.9. The highest BCUT2D eigenvalue weighted by atomic mass is 15.2. The average Bonchev–Trinajstić information content (AvgIpc) is 3.14. The van der Waals surface area contributed by atoms with E-state index in [2.05, 4.69) is 30.5 Å². The number of nitrogen functional groups attached to an aromatic ring is 1. The summed E-state index contributed by atoms with van der Waals surface area (Å²) in [7, 11) is 0. The molecule has 1 saturated carbocycles. The van der Waals surface area contributed by atoms with E-state index in [0.717, 1.165) is 17.1 Å². The van der Waals surface area contributed by atoms with Gasteiger partial charge >= 0.3 is 0 Å². The molecule has 0 bridgehead atoms. The second-order valence-corrected chi connectivity index (χ2v) is 5.31. The summed E-state index contributed by atoms with van der Waals surface area (Å²) in [5, 5.41) is 0. The summed E-state index contributed by atoms with van der Waals surface area (Å²) in [4.78, 5) is 4.80. The maximum atomic E-state index is 6.30. The number of imidazole rings is 1. The van der Waals surface area contributed by atoms with Crippen LogP contribution in [0.3, 0.4) is 0 Å². The van der Waals surface area contributed by atoms with E-state index in [1.165, 1.54) is 18.7 Å². The van der Waals surface area contributed by atoms with Crippen molar-refractivity contribution in [3.63, 3.8) is 0 Å². The van der Waals surface area contributed by atoms with Gasteiger partial charge in [-0.1, -0.05) is 30.3 Å². The molecule has 0 radical (unpaired) electrons. The van der Waals surface area contributed by atoms with Crippen LogP contribution < -0.4 is 5.73 Å². The molecule has 3 rings (SSSR count). The second kappa shape index (κ2) is 4.16. The first-order valence-electron chi connectivity index (χ1n) is 6.61. The van der Waals surface area contributed by atoms with Gasteiger partial charge in [-0.05, 0) is 26.7 Å². The van der Waals surface area contributed by atoms with Gasteiger partial charge < -0.3 is 10.3 Å². The SMILES string of the molecule is CC(C)n1c(C2CC2)nc(-c2ccccc2)c1N. The van der Waals surface area contributed by atoms with Crippen molar-refractivity contribution < 1.29 is 0 Å². The Morgan fingerprint density at radius 2 is 1.89 bits per heavy atom. The zero-order chi connectivity index (χ0) is 12.7. The Kier molecular flexibility index (Phi) is 2.62. The molecule has 1 heterocycles. The summed E-state index contributed by atoms with van der Waals surface area (Å²) in [6, 6.07) is 10.6. The van der Waals surface area contributed by atoms with Crippen LogP contribution in [-0.4, -0.2) is 9.55 Å². The molecule has 2 N–H and O–H groups in total. The van der Waals surface area contributed by atoms with Gasteiger partial charge in [0, 0.05) is 17.5 Å². The third-order valence-electron chi connectivity index (χ3n) is 3.48. The number of aromatic nitrogens is 2. The van der Waals surface area contributed by atoms with Crippen LogP contribution in [-0.2, 0) is 0 Å². The molecule has 0 unspecified atom stereocenters. The van der Waals surface area contributed by atoms with Crippen LogP contribution in [0, 0.1) is 0 Å². The van der Waals surface area contributed by atoms with E-state index in [1.54, 1.807) is 0 Å². The molecule has 0 atom stereocenters. The smallest absolute Gasteiger partial charge is 0.131 e. The predicted octanol–water partition coefficient (Wildman–Crippen LogP) is 3.59. The van der Waals surface area contributed by atoms with Crippen molar-refractivity contribution >= 4 is 5.82 Å². The molecule has 1 aromatic heterocycles. The van der Waals surface area contributed by atoms with Crippen LogP contribution >= 0.6 is 0 Å². The molecule has 3 heteroatoms. The third-order valence-corrected chi connectivity index (χ3v) is 3.48. The minimum atomic E-state index is 0.366. The highest BCUT2D eigenvalue weighted by Gasteiger charge is 2.31. The molecule has 1 aromatic carbocycles. The van der Waals surface area contributed by atoms with Gasteiger partial charge in [-0.15, -0.1) is 0 Å². The quantitative estimate of drug-likeness (QED) is 0.892. The monoisotopic (exact) mass is 241 g/mol. The largest absolute Gasteiger partial charge is 0.383 e. The predicted molar refractivity (Wildman–Crippen MR) is 74.4 cm³/mol. The lowest BCUT2D eigenvalue weighted by atomic mass is 10.1. The van der Waals surface area contributed by atoms with Gasteiger partial charge in [-0.3, -0.25) is 0 Å². The fourth-order valence-electron chi connectivity index (χ4n) is 2.44. The van der Waals surface area contributed by atoms with Gasteiger partial charge in [-0.2, -0.15) is 0 Å². The molecule has 3 nitrogen and oxygen atoms in total. The molecule has 1 fully saturated rings. The number of hydrogen-bond donors (Lipinski definition) is 1. The Balaban J connectivity index is 2.14. The topological polar surface area (TPSA) is 43.8 Å². The van der Waals surface area contributed by atoms with Crippen molar-refractivity contribution in [2.75, 3.05) is 5.73 Å². The molecular weight excluding hydrogens is 222 g/mol. The van der Waals surface area contributed by atoms with Crippen LogP contribution in [0.2, 0.25) is 0 Å². The standard InChI is InChI=1S/C15H19N3/c1-10(2)18-14(16)13(11-6-4-3-5-7-11)17-15(18)12-8-9-12/h3-7,10,12H,8-9,16H2,1-2H3. The highest BCUT2D eigenvalue weighted by molar-refractivity contribution is 5.71. The Morgan fingerprint density at radius 3 is 2.44 bits per heavy atom. The van der Waals surface area contributed by atoms with Crippen molar-refractivity contribution in [2.45, 2.75) is 38.6 Å². The van der Waals surface area contributed by atoms with Crippen LogP contribution in [0.5, 0.6) is 0 Å². The summed E-state index contributed by atoms with van der Waals surface area (Å²) >= 11 is 0. The van der Waals surface area contributed by atoms with E-state index in [0.29, 0.717) is 12.0 Å². The van der Waals surface area contributed by atoms with Crippen molar-refractivity contribution in [3.05, 3.63) is 36.2 Å². The van der Waals surface area contributed by atoms with E-state index < -0.39 is 0 Å². The second-order valence-electron chi connectivity index (χ2n) is 5.31. The van der Waals surface area contributed by atoms with Crippen LogP contribution in [0.4, 0.5) is 5.82 Å². The minimum absolute atomic E-state index is 0.366. The van der Waals surface area contributed by atoms with Gasteiger partial charge in [0.05, 0.1) is 0 Å². The number of nitrogens with two attached hydrogens (primary N) is 1. The van der Waals surface area contributed by atoms with Crippen molar-refractivity contribution in [1.82, 2.24) is 9.55 Å². The van der Waals surface area contributed by atoms with Gasteiger partial charge in [0.1, 0.15) is 17.3 Å². The van der Waals surface area contributed by atoms with Crippen molar-refractivity contribution in [1.29, 1.82) is 0 Å². The summed E-state index contributed by atoms with van der Waals surface area (Å²) in [6.45, 7) is 4.33. The molecule has 2 aromatic rings. The third kappa shape index (κ3) is 1.80. The lowest BCUT2D eigenvalue weighted by molar-refractivity contribution is 0.576. The molecule has 0 spiro atoms. The summed E-state index contributed by atoms with van der Waals surface area (Å²) in [5.41, 5.74) is 8.35. The maximum absolute atomic E-state index is 6.30. The molecule has 1 aliphatic carbocycles. The minimum Gasteiger partial charge on any atom is -0.383 e. The van der Waals surface area contributed by atoms with Crippen molar-refractivity contribution in [3.8, 4) is 11.3 Å². The van der Waals surface area contributed by atoms with Crippen LogP contribution in [0.25, 0.3) is 11.3 Å². The number of benzene rings is 1. The number of nitrogens with zero attached hydrogens (tertiary/aromatic N) is 2. The lowest BCUT2D eigenvalue weighted by Gasteiger charge is -2.13. The molecule has 0 amide bonds. The molecule has 1 aliphatic rings. The van der Waals surface area contributed by atoms with Crippen LogP contribution in [0.15, 0.2) is 30.3 Å². The number of hydrogen-bond acceptors (Lipinski definition) is 2.